The Morgan fingerprint density at radius 1 is 1.20 bits per heavy atom. The number of thiophene rings is 1. The summed E-state index contributed by atoms with van der Waals surface area (Å²) in [6.07, 6.45) is -0.720. The molecule has 1 aliphatic heterocycles. The van der Waals surface area contributed by atoms with Crippen LogP contribution in [0.3, 0.4) is 0 Å². The minimum atomic E-state index is -4.30. The molecular formula is C35H36F3N9OS. The lowest BCUT2D eigenvalue weighted by atomic mass is 10.0. The molecule has 1 atom stereocenters. The lowest BCUT2D eigenvalue weighted by molar-refractivity contribution is -0.126. The number of amides is 1. The van der Waals surface area contributed by atoms with Gasteiger partial charge in [0, 0.05) is 60.1 Å². The maximum Gasteiger partial charge on any atom is 0.393 e. The molecule has 0 aliphatic carbocycles. The molecule has 0 bridgehead atoms. The molecular weight excluding hydrogens is 652 g/mol. The fourth-order valence-electron chi connectivity index (χ4n) is 6.36. The zero-order chi connectivity index (χ0) is 34.9. The molecule has 14 heteroatoms. The first kappa shape index (κ1) is 33.9. The topological polar surface area (TPSA) is 138 Å². The van der Waals surface area contributed by atoms with Crippen molar-refractivity contribution in [2.45, 2.75) is 64.3 Å². The molecule has 10 nitrogen and oxygen atoms in total. The maximum atomic E-state index is 13.0. The minimum Gasteiger partial charge on any atom is -0.368 e. The molecule has 6 rings (SSSR count). The third kappa shape index (κ3) is 7.68. The SMILES string of the molecule is C=CC(=O)Nc1ccc(C(C)Cn2c(C#N)cc3c(C)c(CN4CCC(Nc5nc(N)nc6sc(CC(F)(F)F)cc56)CC4)ccc32)cn1. The Kier molecular flexibility index (Phi) is 9.58. The number of fused-ring (bicyclic) bond motifs is 2. The van der Waals surface area contributed by atoms with Crippen LogP contribution in [0.5, 0.6) is 0 Å². The summed E-state index contributed by atoms with van der Waals surface area (Å²) in [6, 6.07) is 13.8. The number of hydrogen-bond donors (Lipinski definition) is 3. The number of nitrogens with zero attached hydrogens (tertiary/aromatic N) is 6. The van der Waals surface area contributed by atoms with Crippen molar-refractivity contribution < 1.29 is 18.0 Å². The zero-order valence-electron chi connectivity index (χ0n) is 27.1. The van der Waals surface area contributed by atoms with Gasteiger partial charge in [-0.1, -0.05) is 25.6 Å². The first-order valence-corrected chi connectivity index (χ1v) is 16.7. The van der Waals surface area contributed by atoms with Gasteiger partial charge in [0.25, 0.3) is 0 Å². The average Bonchev–Trinajstić information content (AvgIpc) is 3.63. The molecule has 1 aromatic carbocycles. The number of nitrogens with two attached hydrogens (primary N) is 1. The summed E-state index contributed by atoms with van der Waals surface area (Å²) in [7, 11) is 0. The summed E-state index contributed by atoms with van der Waals surface area (Å²) < 4.78 is 41.1. The molecule has 1 aliphatic rings. The van der Waals surface area contributed by atoms with E-state index in [1.54, 1.807) is 12.3 Å². The predicted octanol–water partition coefficient (Wildman–Crippen LogP) is 6.91. The number of aromatic nitrogens is 4. The minimum absolute atomic E-state index is 0.0309. The molecule has 0 saturated carbocycles. The zero-order valence-corrected chi connectivity index (χ0v) is 28.0. The molecule has 0 radical (unpaired) electrons. The van der Waals surface area contributed by atoms with E-state index in [9.17, 15) is 23.2 Å². The molecule has 5 aromatic rings. The molecule has 1 unspecified atom stereocenters. The number of carbonyl (C=O) groups is 1. The number of hydrogen-bond acceptors (Lipinski definition) is 9. The van der Waals surface area contributed by atoms with Gasteiger partial charge in [-0.05, 0) is 66.8 Å². The van der Waals surface area contributed by atoms with Crippen molar-refractivity contribution in [2.75, 3.05) is 29.5 Å². The number of benzene rings is 1. The number of halogens is 3. The lowest BCUT2D eigenvalue weighted by Gasteiger charge is -2.33. The fraction of sp³-hybridized carbons (Fsp3) is 0.343. The normalized spacial score (nSPS) is 14.9. The monoisotopic (exact) mass is 687 g/mol. The second-order valence-electron chi connectivity index (χ2n) is 12.5. The van der Waals surface area contributed by atoms with Crippen LogP contribution in [0.4, 0.5) is 30.8 Å². The van der Waals surface area contributed by atoms with Gasteiger partial charge in [0.1, 0.15) is 28.2 Å². The highest BCUT2D eigenvalue weighted by molar-refractivity contribution is 7.18. The predicted molar refractivity (Wildman–Crippen MR) is 186 cm³/mol. The van der Waals surface area contributed by atoms with Crippen LogP contribution in [0.15, 0.2) is 55.3 Å². The number of nitrogens with one attached hydrogen (secondary N) is 2. The second kappa shape index (κ2) is 13.9. The largest absolute Gasteiger partial charge is 0.393 e. The molecule has 1 fully saturated rings. The van der Waals surface area contributed by atoms with Crippen LogP contribution in [0, 0.1) is 18.3 Å². The number of anilines is 3. The maximum absolute atomic E-state index is 13.0. The molecule has 4 aromatic heterocycles. The number of carbonyl (C=O) groups excluding carboxylic acids is 1. The fourth-order valence-corrected chi connectivity index (χ4v) is 7.43. The average molecular weight is 688 g/mol. The molecule has 4 N–H and O–H groups in total. The lowest BCUT2D eigenvalue weighted by Crippen LogP contribution is -2.39. The van der Waals surface area contributed by atoms with Gasteiger partial charge in [-0.15, -0.1) is 11.3 Å². The van der Waals surface area contributed by atoms with E-state index in [1.807, 2.05) is 12.1 Å². The van der Waals surface area contributed by atoms with Crippen molar-refractivity contribution in [1.82, 2.24) is 24.4 Å². The van der Waals surface area contributed by atoms with Gasteiger partial charge in [0.15, 0.2) is 0 Å². The Bertz CT molecular complexity index is 2060. The van der Waals surface area contributed by atoms with Gasteiger partial charge in [-0.2, -0.15) is 23.4 Å². The van der Waals surface area contributed by atoms with Crippen LogP contribution in [-0.4, -0.2) is 55.6 Å². The van der Waals surface area contributed by atoms with Crippen LogP contribution in [-0.2, 0) is 24.3 Å². The Hall–Kier alpha value is -5.00. The van der Waals surface area contributed by atoms with E-state index < -0.39 is 12.6 Å². The van der Waals surface area contributed by atoms with Gasteiger partial charge in [-0.25, -0.2) is 9.97 Å². The van der Waals surface area contributed by atoms with Crippen LogP contribution in [0.25, 0.3) is 21.1 Å². The van der Waals surface area contributed by atoms with E-state index in [4.69, 9.17) is 5.73 Å². The number of nitrogen functional groups attached to an aromatic ring is 1. The molecule has 0 spiro atoms. The molecule has 5 heterocycles. The van der Waals surface area contributed by atoms with E-state index in [1.165, 1.54) is 17.7 Å². The first-order chi connectivity index (χ1) is 23.4. The number of rotatable bonds is 10. The quantitative estimate of drug-likeness (QED) is 0.135. The Morgan fingerprint density at radius 2 is 1.98 bits per heavy atom. The van der Waals surface area contributed by atoms with Crippen LogP contribution < -0.4 is 16.4 Å². The summed E-state index contributed by atoms with van der Waals surface area (Å²) in [4.78, 5) is 27.4. The summed E-state index contributed by atoms with van der Waals surface area (Å²) >= 11 is 0.991. The van der Waals surface area contributed by atoms with Crippen molar-refractivity contribution in [3.8, 4) is 6.07 Å². The van der Waals surface area contributed by atoms with Gasteiger partial charge in [0.05, 0.1) is 11.8 Å². The van der Waals surface area contributed by atoms with Gasteiger partial charge in [0.2, 0.25) is 11.9 Å². The summed E-state index contributed by atoms with van der Waals surface area (Å²) in [5.74, 6) is 0.696. The van der Waals surface area contributed by atoms with Gasteiger partial charge < -0.3 is 20.9 Å². The van der Waals surface area contributed by atoms with Gasteiger partial charge in [-0.3, -0.25) is 9.69 Å². The smallest absolute Gasteiger partial charge is 0.368 e. The first-order valence-electron chi connectivity index (χ1n) is 15.9. The number of piperidine rings is 1. The number of aryl methyl sites for hydroxylation is 1. The van der Waals surface area contributed by atoms with Gasteiger partial charge >= 0.3 is 6.18 Å². The number of pyridine rings is 1. The molecule has 49 heavy (non-hydrogen) atoms. The summed E-state index contributed by atoms with van der Waals surface area (Å²) in [5, 5.41) is 17.7. The van der Waals surface area contributed by atoms with Crippen molar-refractivity contribution in [2.24, 2.45) is 0 Å². The van der Waals surface area contributed by atoms with E-state index in [0.717, 1.165) is 65.8 Å². The second-order valence-corrected chi connectivity index (χ2v) is 13.6. The highest BCUT2D eigenvalue weighted by Gasteiger charge is 2.29. The van der Waals surface area contributed by atoms with Crippen LogP contribution in [0.2, 0.25) is 0 Å². The molecule has 254 valence electrons. The number of nitriles is 1. The third-order valence-electron chi connectivity index (χ3n) is 8.99. The van der Waals surface area contributed by atoms with E-state index in [-0.39, 0.29) is 28.7 Å². The van der Waals surface area contributed by atoms with Crippen LogP contribution in [0.1, 0.15) is 52.9 Å². The van der Waals surface area contributed by atoms with Crippen molar-refractivity contribution >= 4 is 55.9 Å². The summed E-state index contributed by atoms with van der Waals surface area (Å²) in [5.41, 5.74) is 10.8. The van der Waals surface area contributed by atoms with E-state index >= 15 is 0 Å². The van der Waals surface area contributed by atoms with Crippen LogP contribution >= 0.6 is 11.3 Å². The molecule has 1 amide bonds. The molecule has 1 saturated heterocycles. The highest BCUT2D eigenvalue weighted by Crippen LogP contribution is 2.35. The van der Waals surface area contributed by atoms with E-state index in [2.05, 4.69) is 73.7 Å². The Balaban J connectivity index is 1.11. The standard InChI is InChI=1S/C35H36F3N9OS/c1-4-31(48)43-30-8-6-22(17-41-30)20(2)18-47-25(16-39)13-27-21(3)23(5-7-29(27)47)19-46-11-9-24(10-12-46)42-32-28-14-26(15-35(36,37)38)49-33(28)45-34(40)44-32/h4-8,13-14,17,20,24H,1,9-12,15,18-19H2,2-3H3,(H,41,43,48)(H3,40,42,44,45). The Labute approximate surface area is 285 Å². The van der Waals surface area contributed by atoms with Crippen molar-refractivity contribution in [3.63, 3.8) is 0 Å². The Morgan fingerprint density at radius 3 is 2.65 bits per heavy atom. The number of alkyl halides is 3. The van der Waals surface area contributed by atoms with Crippen molar-refractivity contribution in [1.29, 1.82) is 5.26 Å². The van der Waals surface area contributed by atoms with E-state index in [0.29, 0.717) is 34.1 Å². The van der Waals surface area contributed by atoms with Crippen molar-refractivity contribution in [3.05, 3.63) is 82.5 Å². The third-order valence-corrected chi connectivity index (χ3v) is 10.0. The highest BCUT2D eigenvalue weighted by atomic mass is 32.1. The number of likely N-dealkylation sites (tertiary alicyclic amines) is 1. The summed E-state index contributed by atoms with van der Waals surface area (Å²) in [6.45, 7) is 10.6.